The standard InChI is InChI=1S/C17H20N2O5/c20-15-9-19(14-7-2-1-6-13(14)18-15)17(23)11-4-3-5-12(8-11)24-10-16(21)22/h3-5,8,13-14H,1-2,6-7,9-10H2,(H,18,20)(H,21,22). The molecule has 0 radical (unpaired) electrons. The minimum Gasteiger partial charge on any atom is -0.482 e. The van der Waals surface area contributed by atoms with Crippen LogP contribution in [0.25, 0.3) is 0 Å². The summed E-state index contributed by atoms with van der Waals surface area (Å²) in [5.41, 5.74) is 0.400. The summed E-state index contributed by atoms with van der Waals surface area (Å²) >= 11 is 0. The highest BCUT2D eigenvalue weighted by atomic mass is 16.5. The van der Waals surface area contributed by atoms with Crippen LogP contribution < -0.4 is 10.1 Å². The van der Waals surface area contributed by atoms with Crippen LogP contribution in [0.1, 0.15) is 36.0 Å². The van der Waals surface area contributed by atoms with E-state index in [-0.39, 0.29) is 30.4 Å². The summed E-state index contributed by atoms with van der Waals surface area (Å²) in [6.45, 7) is -0.408. The molecule has 1 aromatic rings. The van der Waals surface area contributed by atoms with Crippen LogP contribution in [0.3, 0.4) is 0 Å². The van der Waals surface area contributed by atoms with Gasteiger partial charge in [-0.3, -0.25) is 9.59 Å². The van der Waals surface area contributed by atoms with Crippen LogP contribution in [-0.4, -0.2) is 53.0 Å². The first-order valence-electron chi connectivity index (χ1n) is 8.09. The number of carbonyl (C=O) groups is 3. The van der Waals surface area contributed by atoms with Crippen LogP contribution in [0.5, 0.6) is 5.75 Å². The lowest BCUT2D eigenvalue weighted by molar-refractivity contribution is -0.139. The highest BCUT2D eigenvalue weighted by Crippen LogP contribution is 2.27. The Balaban J connectivity index is 1.78. The van der Waals surface area contributed by atoms with Gasteiger partial charge in [0.2, 0.25) is 5.91 Å². The summed E-state index contributed by atoms with van der Waals surface area (Å²) in [5.74, 6) is -1.11. The van der Waals surface area contributed by atoms with Gasteiger partial charge in [-0.25, -0.2) is 4.79 Å². The third-order valence-corrected chi connectivity index (χ3v) is 4.49. The van der Waals surface area contributed by atoms with E-state index in [0.717, 1.165) is 25.7 Å². The van der Waals surface area contributed by atoms with E-state index in [2.05, 4.69) is 5.32 Å². The Kier molecular flexibility index (Phi) is 4.69. The molecule has 1 aromatic carbocycles. The van der Waals surface area contributed by atoms with Crippen molar-refractivity contribution in [3.05, 3.63) is 29.8 Å². The molecule has 3 rings (SSSR count). The molecular formula is C17H20N2O5. The maximum atomic E-state index is 12.9. The molecule has 2 fully saturated rings. The van der Waals surface area contributed by atoms with E-state index < -0.39 is 12.6 Å². The van der Waals surface area contributed by atoms with Crippen molar-refractivity contribution < 1.29 is 24.2 Å². The maximum absolute atomic E-state index is 12.9. The number of ether oxygens (including phenoxy) is 1. The second-order valence-corrected chi connectivity index (χ2v) is 6.17. The van der Waals surface area contributed by atoms with Gasteiger partial charge in [-0.2, -0.15) is 0 Å². The molecular weight excluding hydrogens is 312 g/mol. The maximum Gasteiger partial charge on any atom is 0.341 e. The first-order valence-corrected chi connectivity index (χ1v) is 8.09. The summed E-state index contributed by atoms with van der Waals surface area (Å²) < 4.78 is 5.12. The van der Waals surface area contributed by atoms with Gasteiger partial charge in [-0.05, 0) is 31.0 Å². The van der Waals surface area contributed by atoms with Crippen molar-refractivity contribution in [1.82, 2.24) is 10.2 Å². The van der Waals surface area contributed by atoms with Gasteiger partial charge in [-0.15, -0.1) is 0 Å². The first kappa shape index (κ1) is 16.3. The monoisotopic (exact) mass is 332 g/mol. The molecule has 1 saturated carbocycles. The fourth-order valence-corrected chi connectivity index (χ4v) is 3.43. The Labute approximate surface area is 139 Å². The Bertz CT molecular complexity index is 660. The molecule has 0 bridgehead atoms. The van der Waals surface area contributed by atoms with Crippen molar-refractivity contribution in [2.45, 2.75) is 37.8 Å². The Morgan fingerprint density at radius 3 is 2.88 bits per heavy atom. The van der Waals surface area contributed by atoms with E-state index in [4.69, 9.17) is 9.84 Å². The summed E-state index contributed by atoms with van der Waals surface area (Å²) in [4.78, 5) is 37.0. The van der Waals surface area contributed by atoms with Gasteiger partial charge >= 0.3 is 5.97 Å². The molecule has 1 aliphatic carbocycles. The number of carbonyl (C=O) groups excluding carboxylic acids is 2. The molecule has 2 amide bonds. The van der Waals surface area contributed by atoms with E-state index in [1.54, 1.807) is 23.1 Å². The Morgan fingerprint density at radius 1 is 1.29 bits per heavy atom. The van der Waals surface area contributed by atoms with Crippen molar-refractivity contribution in [2.24, 2.45) is 0 Å². The van der Waals surface area contributed by atoms with Gasteiger partial charge in [0.05, 0.1) is 6.04 Å². The quantitative estimate of drug-likeness (QED) is 0.859. The SMILES string of the molecule is O=C(O)COc1cccc(C(=O)N2CC(=O)NC3CCCCC32)c1. The highest BCUT2D eigenvalue weighted by molar-refractivity contribution is 5.97. The van der Waals surface area contributed by atoms with Gasteiger partial charge < -0.3 is 20.1 Å². The molecule has 128 valence electrons. The number of hydrogen-bond donors (Lipinski definition) is 2. The summed E-state index contributed by atoms with van der Waals surface area (Å²) in [6.07, 6.45) is 3.87. The van der Waals surface area contributed by atoms with Gasteiger partial charge in [0.25, 0.3) is 5.91 Å². The predicted octanol–water partition coefficient (Wildman–Crippen LogP) is 1.03. The van der Waals surface area contributed by atoms with Gasteiger partial charge in [0.15, 0.2) is 6.61 Å². The average molecular weight is 332 g/mol. The fourth-order valence-electron chi connectivity index (χ4n) is 3.43. The number of fused-ring (bicyclic) bond motifs is 1. The lowest BCUT2D eigenvalue weighted by Gasteiger charge is -2.44. The van der Waals surface area contributed by atoms with Crippen LogP contribution in [0.15, 0.2) is 24.3 Å². The predicted molar refractivity (Wildman–Crippen MR) is 84.8 cm³/mol. The molecule has 7 heteroatoms. The number of aliphatic carboxylic acids is 1. The van der Waals surface area contributed by atoms with E-state index >= 15 is 0 Å². The molecule has 24 heavy (non-hydrogen) atoms. The molecule has 2 N–H and O–H groups in total. The van der Waals surface area contributed by atoms with Gasteiger partial charge in [0.1, 0.15) is 12.3 Å². The summed E-state index contributed by atoms with van der Waals surface area (Å²) in [6, 6.07) is 6.47. The number of nitrogens with one attached hydrogen (secondary N) is 1. The number of carboxylic acid groups (broad SMARTS) is 1. The van der Waals surface area contributed by atoms with Crippen molar-refractivity contribution in [3.63, 3.8) is 0 Å². The first-order chi connectivity index (χ1) is 11.5. The smallest absolute Gasteiger partial charge is 0.341 e. The van der Waals surface area contributed by atoms with E-state index in [9.17, 15) is 14.4 Å². The van der Waals surface area contributed by atoms with E-state index in [1.165, 1.54) is 6.07 Å². The topological polar surface area (TPSA) is 95.9 Å². The van der Waals surface area contributed by atoms with Crippen LogP contribution in [0, 0.1) is 0 Å². The lowest BCUT2D eigenvalue weighted by Crippen LogP contribution is -2.62. The molecule has 0 spiro atoms. The second kappa shape index (κ2) is 6.90. The van der Waals surface area contributed by atoms with Crippen molar-refractivity contribution >= 4 is 17.8 Å². The molecule has 0 aromatic heterocycles. The normalized spacial score (nSPS) is 23.2. The fraction of sp³-hybridized carbons (Fsp3) is 0.471. The zero-order valence-electron chi connectivity index (χ0n) is 13.2. The van der Waals surface area contributed by atoms with Crippen LogP contribution in [-0.2, 0) is 9.59 Å². The zero-order chi connectivity index (χ0) is 17.1. The third-order valence-electron chi connectivity index (χ3n) is 4.49. The number of hydrogen-bond acceptors (Lipinski definition) is 4. The number of piperazine rings is 1. The van der Waals surface area contributed by atoms with Crippen molar-refractivity contribution in [2.75, 3.05) is 13.2 Å². The van der Waals surface area contributed by atoms with E-state index in [1.807, 2.05) is 0 Å². The molecule has 1 aliphatic heterocycles. The Morgan fingerprint density at radius 2 is 2.08 bits per heavy atom. The molecule has 2 aliphatic rings. The number of rotatable bonds is 4. The number of benzene rings is 1. The molecule has 7 nitrogen and oxygen atoms in total. The number of amides is 2. The van der Waals surface area contributed by atoms with Crippen molar-refractivity contribution in [3.8, 4) is 5.75 Å². The van der Waals surface area contributed by atoms with E-state index in [0.29, 0.717) is 11.3 Å². The zero-order valence-corrected chi connectivity index (χ0v) is 13.2. The highest BCUT2D eigenvalue weighted by Gasteiger charge is 2.39. The summed E-state index contributed by atoms with van der Waals surface area (Å²) in [5, 5.41) is 11.6. The second-order valence-electron chi connectivity index (χ2n) is 6.17. The lowest BCUT2D eigenvalue weighted by atomic mass is 9.87. The minimum atomic E-state index is -1.08. The third kappa shape index (κ3) is 3.50. The average Bonchev–Trinajstić information content (AvgIpc) is 2.58. The molecule has 1 saturated heterocycles. The number of nitrogens with zero attached hydrogens (tertiary/aromatic N) is 1. The summed E-state index contributed by atoms with van der Waals surface area (Å²) in [7, 11) is 0. The Hall–Kier alpha value is -2.57. The molecule has 1 heterocycles. The number of carboxylic acids is 1. The molecule has 2 atom stereocenters. The minimum absolute atomic E-state index is 0.0209. The largest absolute Gasteiger partial charge is 0.482 e. The van der Waals surface area contributed by atoms with Crippen molar-refractivity contribution in [1.29, 1.82) is 0 Å². The van der Waals surface area contributed by atoms with Crippen LogP contribution >= 0.6 is 0 Å². The molecule has 2 unspecified atom stereocenters. The van der Waals surface area contributed by atoms with Crippen LogP contribution in [0.2, 0.25) is 0 Å². The van der Waals surface area contributed by atoms with Crippen LogP contribution in [0.4, 0.5) is 0 Å². The van der Waals surface area contributed by atoms with Gasteiger partial charge in [0, 0.05) is 11.6 Å². The van der Waals surface area contributed by atoms with Gasteiger partial charge in [-0.1, -0.05) is 18.9 Å².